The maximum atomic E-state index is 11.9. The monoisotopic (exact) mass is 305 g/mol. The lowest BCUT2D eigenvalue weighted by atomic mass is 10.2. The van der Waals surface area contributed by atoms with Crippen LogP contribution in [-0.4, -0.2) is 17.4 Å². The molecule has 0 aliphatic carbocycles. The van der Waals surface area contributed by atoms with E-state index in [1.54, 1.807) is 6.20 Å². The Hall–Kier alpha value is -2.88. The second-order valence-corrected chi connectivity index (χ2v) is 5.32. The van der Waals surface area contributed by atoms with Crippen LogP contribution in [0, 0.1) is 0 Å². The molecule has 4 heteroatoms. The molecule has 0 bridgehead atoms. The molecule has 0 saturated carbocycles. The van der Waals surface area contributed by atoms with Crippen LogP contribution in [-0.2, 0) is 11.3 Å². The van der Waals surface area contributed by atoms with Crippen molar-refractivity contribution < 1.29 is 4.79 Å². The van der Waals surface area contributed by atoms with Crippen molar-refractivity contribution in [3.8, 4) is 0 Å². The largest absolute Gasteiger partial charge is 0.383 e. The van der Waals surface area contributed by atoms with Crippen molar-refractivity contribution >= 4 is 22.5 Å². The minimum absolute atomic E-state index is 0.0366. The van der Waals surface area contributed by atoms with Crippen LogP contribution >= 0.6 is 0 Å². The predicted molar refractivity (Wildman–Crippen MR) is 93.1 cm³/mol. The van der Waals surface area contributed by atoms with E-state index in [0.29, 0.717) is 19.5 Å². The summed E-state index contributed by atoms with van der Waals surface area (Å²) in [5.74, 6) is 0.0366. The number of benzene rings is 2. The van der Waals surface area contributed by atoms with E-state index in [1.165, 1.54) is 0 Å². The van der Waals surface area contributed by atoms with E-state index in [9.17, 15) is 4.79 Å². The van der Waals surface area contributed by atoms with Gasteiger partial charge in [0.15, 0.2) is 0 Å². The van der Waals surface area contributed by atoms with Crippen LogP contribution < -0.4 is 10.6 Å². The number of carbonyl (C=O) groups excluding carboxylic acids is 1. The lowest BCUT2D eigenvalue weighted by Crippen LogP contribution is -2.24. The zero-order valence-corrected chi connectivity index (χ0v) is 12.8. The van der Waals surface area contributed by atoms with Crippen LogP contribution in [0.1, 0.15) is 12.0 Å². The lowest BCUT2D eigenvalue weighted by molar-refractivity contribution is -0.121. The highest BCUT2D eigenvalue weighted by Crippen LogP contribution is 2.20. The van der Waals surface area contributed by atoms with Gasteiger partial charge in [0.1, 0.15) is 0 Å². The van der Waals surface area contributed by atoms with Gasteiger partial charge in [0.05, 0.1) is 11.2 Å². The van der Waals surface area contributed by atoms with Gasteiger partial charge in [-0.05, 0) is 17.7 Å². The number of amides is 1. The third kappa shape index (κ3) is 4.07. The molecular formula is C19H19N3O. The molecule has 2 N–H and O–H groups in total. The number of nitrogens with one attached hydrogen (secondary N) is 2. The topological polar surface area (TPSA) is 54.0 Å². The highest BCUT2D eigenvalue weighted by molar-refractivity contribution is 5.90. The molecule has 3 aromatic rings. The van der Waals surface area contributed by atoms with Gasteiger partial charge in [-0.25, -0.2) is 0 Å². The Morgan fingerprint density at radius 3 is 2.65 bits per heavy atom. The van der Waals surface area contributed by atoms with Crippen LogP contribution in [0.25, 0.3) is 10.9 Å². The van der Waals surface area contributed by atoms with Crippen LogP contribution in [0.15, 0.2) is 66.9 Å². The highest BCUT2D eigenvalue weighted by atomic mass is 16.1. The van der Waals surface area contributed by atoms with Crippen molar-refractivity contribution in [2.45, 2.75) is 13.0 Å². The number of para-hydroxylation sites is 1. The summed E-state index contributed by atoms with van der Waals surface area (Å²) in [6.45, 7) is 1.14. The maximum absolute atomic E-state index is 11.9. The van der Waals surface area contributed by atoms with Crippen molar-refractivity contribution in [3.63, 3.8) is 0 Å². The first kappa shape index (κ1) is 15.0. The zero-order chi connectivity index (χ0) is 15.9. The molecular weight excluding hydrogens is 286 g/mol. The smallest absolute Gasteiger partial charge is 0.222 e. The summed E-state index contributed by atoms with van der Waals surface area (Å²) in [5, 5.41) is 7.31. The van der Waals surface area contributed by atoms with E-state index in [1.807, 2.05) is 60.7 Å². The fourth-order valence-corrected chi connectivity index (χ4v) is 2.44. The molecule has 1 amide bonds. The number of rotatable bonds is 6. The second kappa shape index (κ2) is 7.40. The maximum Gasteiger partial charge on any atom is 0.222 e. The Morgan fingerprint density at radius 1 is 0.957 bits per heavy atom. The molecule has 116 valence electrons. The van der Waals surface area contributed by atoms with E-state index >= 15 is 0 Å². The Balaban J connectivity index is 1.50. The van der Waals surface area contributed by atoms with Gasteiger partial charge in [0.25, 0.3) is 0 Å². The van der Waals surface area contributed by atoms with Crippen LogP contribution in [0.5, 0.6) is 0 Å². The molecule has 0 atom stereocenters. The summed E-state index contributed by atoms with van der Waals surface area (Å²) in [5.41, 5.74) is 2.99. The molecule has 1 heterocycles. The van der Waals surface area contributed by atoms with E-state index in [2.05, 4.69) is 15.6 Å². The molecule has 0 unspecified atom stereocenters. The van der Waals surface area contributed by atoms with Gasteiger partial charge >= 0.3 is 0 Å². The fourth-order valence-electron chi connectivity index (χ4n) is 2.44. The molecule has 0 fully saturated rings. The van der Waals surface area contributed by atoms with Gasteiger partial charge in [-0.3, -0.25) is 9.78 Å². The Kier molecular flexibility index (Phi) is 4.84. The third-order valence-electron chi connectivity index (χ3n) is 3.63. The van der Waals surface area contributed by atoms with Crippen molar-refractivity contribution in [1.82, 2.24) is 10.3 Å². The lowest BCUT2D eigenvalue weighted by Gasteiger charge is -2.09. The molecule has 23 heavy (non-hydrogen) atoms. The Morgan fingerprint density at radius 2 is 1.78 bits per heavy atom. The number of fused-ring (bicyclic) bond motifs is 1. The van der Waals surface area contributed by atoms with E-state index in [0.717, 1.165) is 22.2 Å². The quantitative estimate of drug-likeness (QED) is 0.734. The number of hydrogen-bond donors (Lipinski definition) is 2. The fraction of sp³-hybridized carbons (Fsp3) is 0.158. The summed E-state index contributed by atoms with van der Waals surface area (Å²) in [7, 11) is 0. The molecule has 4 nitrogen and oxygen atoms in total. The zero-order valence-electron chi connectivity index (χ0n) is 12.8. The number of carbonyl (C=O) groups is 1. The molecule has 0 aliphatic heterocycles. The first-order valence-electron chi connectivity index (χ1n) is 7.71. The summed E-state index contributed by atoms with van der Waals surface area (Å²) >= 11 is 0. The summed E-state index contributed by atoms with van der Waals surface area (Å²) in [6, 6.07) is 19.9. The summed E-state index contributed by atoms with van der Waals surface area (Å²) in [4.78, 5) is 16.3. The number of anilines is 1. The molecule has 3 rings (SSSR count). The molecule has 1 aromatic heterocycles. The molecule has 0 spiro atoms. The second-order valence-electron chi connectivity index (χ2n) is 5.32. The van der Waals surface area contributed by atoms with Gasteiger partial charge in [0, 0.05) is 31.1 Å². The SMILES string of the molecule is O=C(CCNc1cccc2cccnc12)NCc1ccccc1. The molecule has 0 aliphatic rings. The van der Waals surface area contributed by atoms with Crippen molar-refractivity contribution in [2.24, 2.45) is 0 Å². The van der Waals surface area contributed by atoms with Crippen LogP contribution in [0.3, 0.4) is 0 Å². The standard InChI is InChI=1S/C19H19N3O/c23-18(22-14-15-6-2-1-3-7-15)11-13-20-17-10-4-8-16-9-5-12-21-19(16)17/h1-10,12,20H,11,13-14H2,(H,22,23). The van der Waals surface area contributed by atoms with E-state index in [-0.39, 0.29) is 5.91 Å². The van der Waals surface area contributed by atoms with Crippen molar-refractivity contribution in [3.05, 3.63) is 72.4 Å². The first-order valence-corrected chi connectivity index (χ1v) is 7.71. The average molecular weight is 305 g/mol. The van der Waals surface area contributed by atoms with Gasteiger partial charge in [-0.15, -0.1) is 0 Å². The molecule has 0 radical (unpaired) electrons. The normalized spacial score (nSPS) is 10.4. The molecule has 0 saturated heterocycles. The summed E-state index contributed by atoms with van der Waals surface area (Å²) < 4.78 is 0. The van der Waals surface area contributed by atoms with Gasteiger partial charge < -0.3 is 10.6 Å². The van der Waals surface area contributed by atoms with Crippen molar-refractivity contribution in [1.29, 1.82) is 0 Å². The molecule has 2 aromatic carbocycles. The number of hydrogen-bond acceptors (Lipinski definition) is 3. The van der Waals surface area contributed by atoms with Gasteiger partial charge in [-0.2, -0.15) is 0 Å². The highest BCUT2D eigenvalue weighted by Gasteiger charge is 2.04. The number of nitrogens with zero attached hydrogens (tertiary/aromatic N) is 1. The third-order valence-corrected chi connectivity index (χ3v) is 3.63. The number of aromatic nitrogens is 1. The van der Waals surface area contributed by atoms with E-state index in [4.69, 9.17) is 0 Å². The summed E-state index contributed by atoms with van der Waals surface area (Å²) in [6.07, 6.45) is 2.20. The van der Waals surface area contributed by atoms with Gasteiger partial charge in [0.2, 0.25) is 5.91 Å². The minimum Gasteiger partial charge on any atom is -0.383 e. The van der Waals surface area contributed by atoms with Crippen molar-refractivity contribution in [2.75, 3.05) is 11.9 Å². The van der Waals surface area contributed by atoms with Crippen LogP contribution in [0.4, 0.5) is 5.69 Å². The Labute approximate surface area is 135 Å². The van der Waals surface area contributed by atoms with Gasteiger partial charge in [-0.1, -0.05) is 48.5 Å². The number of pyridine rings is 1. The first-order chi connectivity index (χ1) is 11.3. The predicted octanol–water partition coefficient (Wildman–Crippen LogP) is 3.35. The Bertz CT molecular complexity index is 781. The minimum atomic E-state index is 0.0366. The van der Waals surface area contributed by atoms with Crippen LogP contribution in [0.2, 0.25) is 0 Å². The average Bonchev–Trinajstić information content (AvgIpc) is 2.61. The van der Waals surface area contributed by atoms with E-state index < -0.39 is 0 Å².